The molecule has 0 spiro atoms. The quantitative estimate of drug-likeness (QED) is 0.256. The van der Waals surface area contributed by atoms with Crippen molar-refractivity contribution in [3.05, 3.63) is 34.9 Å². The Balaban J connectivity index is 2.44. The van der Waals surface area contributed by atoms with Crippen LogP contribution >= 0.6 is 0 Å². The smallest absolute Gasteiger partial charge is 0.303 e. The highest BCUT2D eigenvalue weighted by Crippen LogP contribution is 2.21. The summed E-state index contributed by atoms with van der Waals surface area (Å²) in [5, 5.41) is 17.4. The van der Waals surface area contributed by atoms with Gasteiger partial charge in [0.05, 0.1) is 0 Å². The molecule has 0 fully saturated rings. The first-order valence-corrected chi connectivity index (χ1v) is 11.9. The summed E-state index contributed by atoms with van der Waals surface area (Å²) in [6, 6.07) is 7.02. The van der Waals surface area contributed by atoms with Gasteiger partial charge in [0.15, 0.2) is 0 Å². The minimum atomic E-state index is -0.692. The molecule has 0 bridgehead atoms. The van der Waals surface area contributed by atoms with Crippen molar-refractivity contribution < 1.29 is 19.8 Å². The van der Waals surface area contributed by atoms with E-state index in [1.165, 1.54) is 29.5 Å². The second kappa shape index (κ2) is 15.9. The summed E-state index contributed by atoms with van der Waals surface area (Å²) >= 11 is 0. The van der Waals surface area contributed by atoms with Crippen LogP contribution in [0.15, 0.2) is 18.2 Å². The first-order chi connectivity index (χ1) is 14.4. The second-order valence-corrected chi connectivity index (χ2v) is 9.02. The molecule has 170 valence electrons. The fourth-order valence-corrected chi connectivity index (χ4v) is 4.00. The van der Waals surface area contributed by atoms with Crippen LogP contribution in [0.2, 0.25) is 0 Å². The van der Waals surface area contributed by atoms with Crippen molar-refractivity contribution in [2.24, 2.45) is 5.92 Å². The van der Waals surface area contributed by atoms with Crippen LogP contribution in [0.3, 0.4) is 0 Å². The van der Waals surface area contributed by atoms with Crippen LogP contribution in [-0.2, 0) is 28.9 Å². The SMILES string of the molecule is CC(C)Cc1ccc(CCCCCCCC(=O)O)c(CCCCCCCC(=O)O)c1. The van der Waals surface area contributed by atoms with E-state index in [1.54, 1.807) is 0 Å². The Bertz CT molecular complexity index is 621. The molecule has 0 aromatic heterocycles. The zero-order chi connectivity index (χ0) is 22.2. The second-order valence-electron chi connectivity index (χ2n) is 9.02. The summed E-state index contributed by atoms with van der Waals surface area (Å²) in [5.41, 5.74) is 4.39. The molecule has 4 heteroatoms. The maximum atomic E-state index is 10.6. The number of hydrogen-bond acceptors (Lipinski definition) is 2. The van der Waals surface area contributed by atoms with E-state index in [-0.39, 0.29) is 12.8 Å². The third-order valence-electron chi connectivity index (χ3n) is 5.59. The molecule has 0 heterocycles. The molecule has 0 saturated carbocycles. The zero-order valence-corrected chi connectivity index (χ0v) is 19.1. The normalized spacial score (nSPS) is 11.2. The molecule has 0 aliphatic rings. The molecule has 30 heavy (non-hydrogen) atoms. The van der Waals surface area contributed by atoms with Gasteiger partial charge in [-0.1, -0.05) is 70.6 Å². The first-order valence-electron chi connectivity index (χ1n) is 11.9. The van der Waals surface area contributed by atoms with Crippen LogP contribution in [0.1, 0.15) is 108 Å². The summed E-state index contributed by atoms with van der Waals surface area (Å²) in [4.78, 5) is 21.2. The highest BCUT2D eigenvalue weighted by molar-refractivity contribution is 5.66. The number of aryl methyl sites for hydroxylation is 2. The number of benzene rings is 1. The van der Waals surface area contributed by atoms with Gasteiger partial charge >= 0.3 is 11.9 Å². The van der Waals surface area contributed by atoms with E-state index in [0.29, 0.717) is 5.92 Å². The van der Waals surface area contributed by atoms with Crippen LogP contribution in [0, 0.1) is 5.92 Å². The number of aliphatic carboxylic acids is 2. The predicted octanol–water partition coefficient (Wildman–Crippen LogP) is 6.82. The molecule has 0 radical (unpaired) electrons. The van der Waals surface area contributed by atoms with Gasteiger partial charge in [-0.3, -0.25) is 9.59 Å². The molecule has 0 amide bonds. The van der Waals surface area contributed by atoms with E-state index in [9.17, 15) is 9.59 Å². The number of carboxylic acid groups (broad SMARTS) is 2. The number of unbranched alkanes of at least 4 members (excludes halogenated alkanes) is 8. The van der Waals surface area contributed by atoms with Crippen LogP contribution in [0.4, 0.5) is 0 Å². The molecule has 0 aliphatic carbocycles. The van der Waals surface area contributed by atoms with Gasteiger partial charge in [-0.25, -0.2) is 0 Å². The highest BCUT2D eigenvalue weighted by Gasteiger charge is 2.07. The maximum absolute atomic E-state index is 10.6. The lowest BCUT2D eigenvalue weighted by atomic mass is 9.92. The average Bonchev–Trinajstić information content (AvgIpc) is 2.66. The third kappa shape index (κ3) is 13.4. The van der Waals surface area contributed by atoms with Crippen molar-refractivity contribution in [1.29, 1.82) is 0 Å². The topological polar surface area (TPSA) is 74.6 Å². The Hall–Kier alpha value is -1.84. The van der Waals surface area contributed by atoms with Gasteiger partial charge in [0, 0.05) is 12.8 Å². The zero-order valence-electron chi connectivity index (χ0n) is 19.1. The van der Waals surface area contributed by atoms with E-state index in [2.05, 4.69) is 32.0 Å². The Morgan fingerprint density at radius 1 is 0.700 bits per heavy atom. The van der Waals surface area contributed by atoms with Gasteiger partial charge in [0.25, 0.3) is 0 Å². The molecular weight excluding hydrogens is 376 g/mol. The van der Waals surface area contributed by atoms with Gasteiger partial charge in [0.2, 0.25) is 0 Å². The number of carbonyl (C=O) groups is 2. The minimum Gasteiger partial charge on any atom is -0.481 e. The van der Waals surface area contributed by atoms with Crippen molar-refractivity contribution in [3.63, 3.8) is 0 Å². The van der Waals surface area contributed by atoms with Crippen LogP contribution in [0.5, 0.6) is 0 Å². The molecule has 0 unspecified atom stereocenters. The Labute approximate surface area is 183 Å². The lowest BCUT2D eigenvalue weighted by molar-refractivity contribution is -0.138. The van der Waals surface area contributed by atoms with Crippen molar-refractivity contribution in [3.8, 4) is 0 Å². The number of rotatable bonds is 18. The Kier molecular flexibility index (Phi) is 13.9. The van der Waals surface area contributed by atoms with E-state index in [0.717, 1.165) is 70.6 Å². The number of carboxylic acids is 2. The van der Waals surface area contributed by atoms with Gasteiger partial charge in [0.1, 0.15) is 0 Å². The van der Waals surface area contributed by atoms with Crippen molar-refractivity contribution in [2.45, 2.75) is 110 Å². The summed E-state index contributed by atoms with van der Waals surface area (Å²) in [6.45, 7) is 4.52. The average molecular weight is 419 g/mol. The number of hydrogen-bond donors (Lipinski definition) is 2. The summed E-state index contributed by atoms with van der Waals surface area (Å²) < 4.78 is 0. The molecule has 4 nitrogen and oxygen atoms in total. The Morgan fingerprint density at radius 2 is 1.17 bits per heavy atom. The fraction of sp³-hybridized carbons (Fsp3) is 0.692. The van der Waals surface area contributed by atoms with Crippen molar-refractivity contribution in [1.82, 2.24) is 0 Å². The molecule has 0 saturated heterocycles. The van der Waals surface area contributed by atoms with E-state index >= 15 is 0 Å². The molecule has 1 rings (SSSR count). The Morgan fingerprint density at radius 3 is 1.67 bits per heavy atom. The van der Waals surface area contributed by atoms with Crippen molar-refractivity contribution >= 4 is 11.9 Å². The summed E-state index contributed by atoms with van der Waals surface area (Å²) in [6.07, 6.45) is 14.4. The minimum absolute atomic E-state index is 0.289. The standard InChI is InChI=1S/C26H42O4/c1-21(2)19-22-17-18-23(13-9-5-3-7-11-15-25(27)28)24(20-22)14-10-6-4-8-12-16-26(29)30/h17-18,20-21H,3-16,19H2,1-2H3,(H,27,28)(H,29,30). The summed E-state index contributed by atoms with van der Waals surface area (Å²) in [5.74, 6) is -0.727. The van der Waals surface area contributed by atoms with E-state index < -0.39 is 11.9 Å². The third-order valence-corrected chi connectivity index (χ3v) is 5.59. The lowest BCUT2D eigenvalue weighted by Crippen LogP contribution is -2.00. The van der Waals surface area contributed by atoms with Crippen molar-refractivity contribution in [2.75, 3.05) is 0 Å². The highest BCUT2D eigenvalue weighted by atomic mass is 16.4. The van der Waals surface area contributed by atoms with Crippen LogP contribution < -0.4 is 0 Å². The first kappa shape index (κ1) is 26.2. The van der Waals surface area contributed by atoms with Crippen LogP contribution in [-0.4, -0.2) is 22.2 Å². The van der Waals surface area contributed by atoms with Crippen LogP contribution in [0.25, 0.3) is 0 Å². The van der Waals surface area contributed by atoms with Gasteiger partial charge in [-0.2, -0.15) is 0 Å². The lowest BCUT2D eigenvalue weighted by Gasteiger charge is -2.14. The largest absolute Gasteiger partial charge is 0.481 e. The fourth-order valence-electron chi connectivity index (χ4n) is 4.00. The van der Waals surface area contributed by atoms with Gasteiger partial charge < -0.3 is 10.2 Å². The molecule has 1 aromatic rings. The molecule has 1 aromatic carbocycles. The predicted molar refractivity (Wildman–Crippen MR) is 123 cm³/mol. The molecular formula is C26H42O4. The van der Waals surface area contributed by atoms with Gasteiger partial charge in [-0.15, -0.1) is 0 Å². The van der Waals surface area contributed by atoms with E-state index in [4.69, 9.17) is 10.2 Å². The maximum Gasteiger partial charge on any atom is 0.303 e. The van der Waals surface area contributed by atoms with Gasteiger partial charge in [-0.05, 0) is 67.6 Å². The molecule has 0 aliphatic heterocycles. The van der Waals surface area contributed by atoms with E-state index in [1.807, 2.05) is 0 Å². The molecule has 0 atom stereocenters. The molecule has 2 N–H and O–H groups in total. The summed E-state index contributed by atoms with van der Waals surface area (Å²) in [7, 11) is 0. The monoisotopic (exact) mass is 418 g/mol.